The van der Waals surface area contributed by atoms with Crippen LogP contribution in [0.25, 0.3) is 0 Å². The number of anilines is 1. The molecule has 0 saturated heterocycles. The van der Waals surface area contributed by atoms with E-state index in [2.05, 4.69) is 4.72 Å². The van der Waals surface area contributed by atoms with Crippen LogP contribution in [-0.2, 0) is 16.6 Å². The number of thiophene rings is 1. The zero-order valence-electron chi connectivity index (χ0n) is 10.6. The minimum absolute atomic E-state index is 0.0286. The van der Waals surface area contributed by atoms with Crippen molar-refractivity contribution in [3.05, 3.63) is 39.5 Å². The summed E-state index contributed by atoms with van der Waals surface area (Å²) in [7, 11) is -2.39. The van der Waals surface area contributed by atoms with Gasteiger partial charge in [0, 0.05) is 22.5 Å². The molecule has 0 aliphatic carbocycles. The first-order valence-electron chi connectivity index (χ1n) is 5.59. The number of rotatable bonds is 5. The normalized spacial score (nSPS) is 11.3. The molecule has 2 aromatic rings. The molecule has 0 spiro atoms. The summed E-state index contributed by atoms with van der Waals surface area (Å²) in [4.78, 5) is -0.0286. The van der Waals surface area contributed by atoms with E-state index in [-0.39, 0.29) is 22.2 Å². The Morgan fingerprint density at radius 3 is 2.75 bits per heavy atom. The summed E-state index contributed by atoms with van der Waals surface area (Å²) in [5.74, 6) is 0.208. The maximum Gasteiger partial charge on any atom is 0.265 e. The average molecular weight is 333 g/mol. The molecule has 5 nitrogen and oxygen atoms in total. The van der Waals surface area contributed by atoms with Crippen LogP contribution >= 0.6 is 22.9 Å². The Hall–Kier alpha value is -1.28. The number of hydrogen-bond acceptors (Lipinski definition) is 5. The molecule has 20 heavy (non-hydrogen) atoms. The van der Waals surface area contributed by atoms with Crippen molar-refractivity contribution in [2.24, 2.45) is 5.73 Å². The topological polar surface area (TPSA) is 81.4 Å². The highest BCUT2D eigenvalue weighted by Gasteiger charge is 2.23. The molecule has 0 aliphatic heterocycles. The highest BCUT2D eigenvalue weighted by molar-refractivity contribution is 7.92. The van der Waals surface area contributed by atoms with Gasteiger partial charge in [0.25, 0.3) is 10.0 Å². The molecule has 0 amide bonds. The van der Waals surface area contributed by atoms with Crippen molar-refractivity contribution >= 4 is 38.6 Å². The summed E-state index contributed by atoms with van der Waals surface area (Å²) < 4.78 is 32.5. The molecule has 1 aromatic heterocycles. The largest absolute Gasteiger partial charge is 0.495 e. The van der Waals surface area contributed by atoms with E-state index in [1.54, 1.807) is 22.9 Å². The Kier molecular flexibility index (Phi) is 4.54. The van der Waals surface area contributed by atoms with Gasteiger partial charge in [0.15, 0.2) is 0 Å². The molecule has 0 radical (unpaired) electrons. The summed E-state index contributed by atoms with van der Waals surface area (Å²) in [5, 5.41) is 3.76. The van der Waals surface area contributed by atoms with Gasteiger partial charge in [-0.1, -0.05) is 11.6 Å². The standard InChI is InChI=1S/C12H13ClN2O3S2/c1-18-12-8(6-14)4-9(13)5-11(12)20(16,17)15-10-2-3-19-7-10/h2-5,7,15H,6,14H2,1H3. The van der Waals surface area contributed by atoms with E-state index >= 15 is 0 Å². The third-order valence-corrected chi connectivity index (χ3v) is 4.87. The molecule has 3 N–H and O–H groups in total. The highest BCUT2D eigenvalue weighted by atomic mass is 35.5. The van der Waals surface area contributed by atoms with Gasteiger partial charge < -0.3 is 10.5 Å². The van der Waals surface area contributed by atoms with E-state index < -0.39 is 10.0 Å². The number of ether oxygens (including phenoxy) is 1. The smallest absolute Gasteiger partial charge is 0.265 e. The van der Waals surface area contributed by atoms with Crippen molar-refractivity contribution in [3.8, 4) is 5.75 Å². The second kappa shape index (κ2) is 6.01. The van der Waals surface area contributed by atoms with Crippen LogP contribution in [0.5, 0.6) is 5.75 Å². The number of benzene rings is 1. The molecule has 8 heteroatoms. The zero-order valence-corrected chi connectivity index (χ0v) is 13.0. The molecule has 0 saturated carbocycles. The SMILES string of the molecule is COc1c(CN)cc(Cl)cc1S(=O)(=O)Nc1ccsc1. The summed E-state index contributed by atoms with van der Waals surface area (Å²) >= 11 is 7.34. The first-order chi connectivity index (χ1) is 9.47. The minimum Gasteiger partial charge on any atom is -0.495 e. The van der Waals surface area contributed by atoms with Gasteiger partial charge in [-0.05, 0) is 23.6 Å². The summed E-state index contributed by atoms with van der Waals surface area (Å²) in [5.41, 5.74) is 6.62. The van der Waals surface area contributed by atoms with Gasteiger partial charge in [-0.25, -0.2) is 8.42 Å². The number of nitrogens with two attached hydrogens (primary N) is 1. The second-order valence-electron chi connectivity index (χ2n) is 3.92. The molecule has 1 heterocycles. The van der Waals surface area contributed by atoms with E-state index in [4.69, 9.17) is 22.1 Å². The van der Waals surface area contributed by atoms with Crippen LogP contribution in [0.15, 0.2) is 33.9 Å². The van der Waals surface area contributed by atoms with E-state index in [1.165, 1.54) is 24.5 Å². The van der Waals surface area contributed by atoms with Crippen LogP contribution in [0, 0.1) is 0 Å². The Labute approximate surface area is 126 Å². The lowest BCUT2D eigenvalue weighted by Gasteiger charge is -2.14. The number of sulfonamides is 1. The van der Waals surface area contributed by atoms with Crippen molar-refractivity contribution in [1.29, 1.82) is 0 Å². The summed E-state index contributed by atoms with van der Waals surface area (Å²) in [6.07, 6.45) is 0. The van der Waals surface area contributed by atoms with Crippen LogP contribution in [-0.4, -0.2) is 15.5 Å². The predicted octanol–water partition coefficient (Wildman–Crippen LogP) is 2.67. The monoisotopic (exact) mass is 332 g/mol. The summed E-state index contributed by atoms with van der Waals surface area (Å²) in [6.45, 7) is 0.130. The average Bonchev–Trinajstić information content (AvgIpc) is 2.89. The third kappa shape index (κ3) is 3.06. The van der Waals surface area contributed by atoms with Gasteiger partial charge in [-0.15, -0.1) is 0 Å². The maximum absolute atomic E-state index is 12.4. The molecule has 0 fully saturated rings. The van der Waals surface area contributed by atoms with Crippen molar-refractivity contribution in [2.45, 2.75) is 11.4 Å². The fourth-order valence-electron chi connectivity index (χ4n) is 1.74. The van der Waals surface area contributed by atoms with E-state index in [9.17, 15) is 8.42 Å². The lowest BCUT2D eigenvalue weighted by molar-refractivity contribution is 0.398. The summed E-state index contributed by atoms with van der Waals surface area (Å²) in [6, 6.07) is 4.60. The molecule has 0 bridgehead atoms. The van der Waals surface area contributed by atoms with E-state index in [0.29, 0.717) is 11.3 Å². The molecular weight excluding hydrogens is 320 g/mol. The number of halogens is 1. The van der Waals surface area contributed by atoms with Crippen LogP contribution in [0.4, 0.5) is 5.69 Å². The fraction of sp³-hybridized carbons (Fsp3) is 0.167. The lowest BCUT2D eigenvalue weighted by Crippen LogP contribution is -2.15. The zero-order chi connectivity index (χ0) is 14.8. The lowest BCUT2D eigenvalue weighted by atomic mass is 10.2. The van der Waals surface area contributed by atoms with Gasteiger partial charge in [-0.3, -0.25) is 4.72 Å². The van der Waals surface area contributed by atoms with Gasteiger partial charge in [-0.2, -0.15) is 11.3 Å². The van der Waals surface area contributed by atoms with Gasteiger partial charge in [0.2, 0.25) is 0 Å². The Morgan fingerprint density at radius 1 is 1.45 bits per heavy atom. The van der Waals surface area contributed by atoms with Gasteiger partial charge in [0.05, 0.1) is 12.8 Å². The first kappa shape index (κ1) is 15.1. The van der Waals surface area contributed by atoms with Gasteiger partial charge in [0.1, 0.15) is 10.6 Å². The van der Waals surface area contributed by atoms with Crippen molar-refractivity contribution in [1.82, 2.24) is 0 Å². The second-order valence-corrected chi connectivity index (χ2v) is 6.79. The van der Waals surface area contributed by atoms with Crippen LogP contribution in [0.1, 0.15) is 5.56 Å². The van der Waals surface area contributed by atoms with E-state index in [0.717, 1.165) is 0 Å². The predicted molar refractivity (Wildman–Crippen MR) is 81.0 cm³/mol. The molecule has 108 valence electrons. The quantitative estimate of drug-likeness (QED) is 0.882. The fourth-order valence-corrected chi connectivity index (χ4v) is 3.99. The van der Waals surface area contributed by atoms with Crippen molar-refractivity contribution in [2.75, 3.05) is 11.8 Å². The van der Waals surface area contributed by atoms with Crippen LogP contribution < -0.4 is 15.2 Å². The highest BCUT2D eigenvalue weighted by Crippen LogP contribution is 2.32. The molecule has 0 unspecified atom stereocenters. The third-order valence-electron chi connectivity index (χ3n) is 2.58. The number of hydrogen-bond donors (Lipinski definition) is 2. The van der Waals surface area contributed by atoms with Crippen molar-refractivity contribution < 1.29 is 13.2 Å². The molecular formula is C12H13ClN2O3S2. The minimum atomic E-state index is -3.79. The van der Waals surface area contributed by atoms with Crippen LogP contribution in [0.3, 0.4) is 0 Å². The number of nitrogens with one attached hydrogen (secondary N) is 1. The Bertz CT molecular complexity index is 700. The maximum atomic E-state index is 12.4. The number of methoxy groups -OCH3 is 1. The molecule has 0 aliphatic rings. The van der Waals surface area contributed by atoms with Crippen LogP contribution in [0.2, 0.25) is 5.02 Å². The molecule has 0 atom stereocenters. The van der Waals surface area contributed by atoms with E-state index in [1.807, 2.05) is 0 Å². The first-order valence-corrected chi connectivity index (χ1v) is 8.40. The Balaban J connectivity index is 2.53. The Morgan fingerprint density at radius 2 is 2.20 bits per heavy atom. The molecule has 2 rings (SSSR count). The van der Waals surface area contributed by atoms with Crippen molar-refractivity contribution in [3.63, 3.8) is 0 Å². The van der Waals surface area contributed by atoms with Gasteiger partial charge >= 0.3 is 0 Å². The molecule has 1 aromatic carbocycles.